The molecule has 8 heteroatoms. The van der Waals surface area contributed by atoms with E-state index in [1.807, 2.05) is 31.2 Å². The number of H-pyrrole nitrogens is 2. The van der Waals surface area contributed by atoms with E-state index in [4.69, 9.17) is 4.52 Å². The Kier molecular flexibility index (Phi) is 3.57. The van der Waals surface area contributed by atoms with E-state index >= 15 is 0 Å². The normalized spacial score (nSPS) is 10.6. The fourth-order valence-corrected chi connectivity index (χ4v) is 1.88. The van der Waals surface area contributed by atoms with Gasteiger partial charge < -0.3 is 9.84 Å². The topological polar surface area (TPSA) is 117 Å². The Bertz CT molecular complexity index is 844. The Morgan fingerprint density at radius 2 is 2.09 bits per heavy atom. The van der Waals surface area contributed by atoms with Gasteiger partial charge in [-0.3, -0.25) is 9.78 Å². The molecule has 0 atom stereocenters. The summed E-state index contributed by atoms with van der Waals surface area (Å²) in [6, 6.07) is 9.29. The minimum atomic E-state index is -0.435. The van der Waals surface area contributed by atoms with Crippen LogP contribution in [0.1, 0.15) is 21.9 Å². The van der Waals surface area contributed by atoms with Crippen LogP contribution >= 0.6 is 0 Å². The monoisotopic (exact) mass is 299 g/mol. The van der Waals surface area contributed by atoms with Crippen LogP contribution in [0.2, 0.25) is 0 Å². The molecular formula is C14H13N5O3. The number of amides is 1. The van der Waals surface area contributed by atoms with E-state index in [1.165, 1.54) is 0 Å². The first-order valence-corrected chi connectivity index (χ1v) is 6.57. The van der Waals surface area contributed by atoms with Gasteiger partial charge >= 0.3 is 5.69 Å². The van der Waals surface area contributed by atoms with Gasteiger partial charge in [-0.1, -0.05) is 35.0 Å². The molecule has 0 aliphatic heterocycles. The first-order chi connectivity index (χ1) is 10.6. The molecule has 0 radical (unpaired) electrons. The van der Waals surface area contributed by atoms with Crippen molar-refractivity contribution in [1.82, 2.24) is 25.7 Å². The van der Waals surface area contributed by atoms with Gasteiger partial charge in [-0.25, -0.2) is 9.89 Å². The molecule has 3 aromatic rings. The van der Waals surface area contributed by atoms with Crippen molar-refractivity contribution >= 4 is 5.91 Å². The molecule has 0 fully saturated rings. The fraction of sp³-hybridized carbons (Fsp3) is 0.143. The zero-order valence-electron chi connectivity index (χ0n) is 11.7. The molecular weight excluding hydrogens is 286 g/mol. The molecule has 2 aromatic heterocycles. The summed E-state index contributed by atoms with van der Waals surface area (Å²) in [6.07, 6.45) is 0. The summed E-state index contributed by atoms with van der Waals surface area (Å²) in [5.41, 5.74) is 2.16. The van der Waals surface area contributed by atoms with Crippen LogP contribution in [0.25, 0.3) is 11.3 Å². The van der Waals surface area contributed by atoms with E-state index < -0.39 is 11.6 Å². The second-order valence-electron chi connectivity index (χ2n) is 4.75. The highest BCUT2D eigenvalue weighted by Crippen LogP contribution is 2.19. The van der Waals surface area contributed by atoms with Gasteiger partial charge in [0.1, 0.15) is 11.5 Å². The van der Waals surface area contributed by atoms with Crippen molar-refractivity contribution in [3.63, 3.8) is 0 Å². The lowest BCUT2D eigenvalue weighted by molar-refractivity contribution is 0.0913. The SMILES string of the molecule is Cc1ccc(-c2cc(C(=O)NCc3n[nH]c(=O)[nH]3)on2)cc1. The van der Waals surface area contributed by atoms with Gasteiger partial charge in [0.05, 0.1) is 6.54 Å². The summed E-state index contributed by atoms with van der Waals surface area (Å²) in [5.74, 6) is -0.0141. The van der Waals surface area contributed by atoms with E-state index in [1.54, 1.807) is 6.07 Å². The summed E-state index contributed by atoms with van der Waals surface area (Å²) in [5, 5.41) is 12.4. The average Bonchev–Trinajstić information content (AvgIpc) is 3.15. The van der Waals surface area contributed by atoms with Gasteiger partial charge in [-0.05, 0) is 6.92 Å². The smallest absolute Gasteiger partial charge is 0.340 e. The van der Waals surface area contributed by atoms with Gasteiger partial charge in [0.25, 0.3) is 5.91 Å². The summed E-state index contributed by atoms with van der Waals surface area (Å²) < 4.78 is 5.04. The molecule has 0 saturated carbocycles. The number of hydrogen-bond donors (Lipinski definition) is 3. The Balaban J connectivity index is 1.68. The zero-order valence-corrected chi connectivity index (χ0v) is 11.7. The number of carbonyl (C=O) groups is 1. The lowest BCUT2D eigenvalue weighted by Gasteiger charge is -1.98. The standard InChI is InChI=1S/C14H13N5O3/c1-8-2-4-9(5-3-8)10-6-11(22-19-10)13(20)15-7-12-16-14(21)18-17-12/h2-6H,7H2,1H3,(H,15,20)(H2,16,17,18,21). The fourth-order valence-electron chi connectivity index (χ4n) is 1.88. The molecule has 0 saturated heterocycles. The Labute approximate surface area is 124 Å². The van der Waals surface area contributed by atoms with E-state index in [0.717, 1.165) is 11.1 Å². The van der Waals surface area contributed by atoms with Crippen LogP contribution in [0.4, 0.5) is 0 Å². The molecule has 112 valence electrons. The maximum Gasteiger partial charge on any atom is 0.340 e. The number of hydrogen-bond acceptors (Lipinski definition) is 5. The molecule has 0 bridgehead atoms. The van der Waals surface area contributed by atoms with Crippen molar-refractivity contribution in [2.75, 3.05) is 0 Å². The minimum absolute atomic E-state index is 0.0815. The van der Waals surface area contributed by atoms with Gasteiger partial charge in [0.15, 0.2) is 0 Å². The lowest BCUT2D eigenvalue weighted by atomic mass is 10.1. The first-order valence-electron chi connectivity index (χ1n) is 6.57. The van der Waals surface area contributed by atoms with Crippen molar-refractivity contribution in [2.45, 2.75) is 13.5 Å². The molecule has 8 nitrogen and oxygen atoms in total. The number of aryl methyl sites for hydroxylation is 1. The predicted molar refractivity (Wildman–Crippen MR) is 77.1 cm³/mol. The molecule has 3 N–H and O–H groups in total. The van der Waals surface area contributed by atoms with Gasteiger partial charge in [0.2, 0.25) is 5.76 Å². The van der Waals surface area contributed by atoms with Crippen LogP contribution in [-0.2, 0) is 6.54 Å². The first kappa shape index (κ1) is 13.8. The highest BCUT2D eigenvalue weighted by atomic mass is 16.5. The maximum atomic E-state index is 11.9. The van der Waals surface area contributed by atoms with Crippen molar-refractivity contribution in [3.05, 3.63) is 58.0 Å². The Morgan fingerprint density at radius 1 is 1.32 bits per heavy atom. The number of aromatic amines is 2. The quantitative estimate of drug-likeness (QED) is 0.664. The Hall–Kier alpha value is -3.16. The van der Waals surface area contributed by atoms with Crippen LogP contribution < -0.4 is 11.0 Å². The summed E-state index contributed by atoms with van der Waals surface area (Å²) in [4.78, 5) is 25.3. The lowest BCUT2D eigenvalue weighted by Crippen LogP contribution is -2.23. The molecule has 2 heterocycles. The second kappa shape index (κ2) is 5.68. The maximum absolute atomic E-state index is 11.9. The highest BCUT2D eigenvalue weighted by molar-refractivity contribution is 5.92. The Morgan fingerprint density at radius 3 is 2.77 bits per heavy atom. The van der Waals surface area contributed by atoms with E-state index in [2.05, 4.69) is 25.7 Å². The van der Waals surface area contributed by atoms with Crippen LogP contribution in [0.3, 0.4) is 0 Å². The van der Waals surface area contributed by atoms with Gasteiger partial charge in [-0.15, -0.1) is 0 Å². The summed E-state index contributed by atoms with van der Waals surface area (Å²) >= 11 is 0. The number of rotatable bonds is 4. The number of carbonyl (C=O) groups excluding carboxylic acids is 1. The van der Waals surface area contributed by atoms with Crippen LogP contribution in [0, 0.1) is 6.92 Å². The number of nitrogens with one attached hydrogen (secondary N) is 3. The van der Waals surface area contributed by atoms with Crippen molar-refractivity contribution in [3.8, 4) is 11.3 Å². The van der Waals surface area contributed by atoms with Gasteiger partial charge in [-0.2, -0.15) is 5.10 Å². The number of aromatic nitrogens is 4. The third-order valence-corrected chi connectivity index (χ3v) is 3.05. The third kappa shape index (κ3) is 2.95. The predicted octanol–water partition coefficient (Wildman–Crippen LogP) is 0.991. The van der Waals surface area contributed by atoms with E-state index in [-0.39, 0.29) is 12.3 Å². The number of nitrogens with zero attached hydrogens (tertiary/aromatic N) is 2. The van der Waals surface area contributed by atoms with Crippen LogP contribution in [0.5, 0.6) is 0 Å². The minimum Gasteiger partial charge on any atom is -0.350 e. The van der Waals surface area contributed by atoms with E-state index in [0.29, 0.717) is 11.5 Å². The van der Waals surface area contributed by atoms with Crippen molar-refractivity contribution in [1.29, 1.82) is 0 Å². The molecule has 0 aliphatic rings. The largest absolute Gasteiger partial charge is 0.350 e. The molecule has 1 amide bonds. The zero-order chi connectivity index (χ0) is 15.5. The molecule has 22 heavy (non-hydrogen) atoms. The molecule has 0 spiro atoms. The van der Waals surface area contributed by atoms with Crippen molar-refractivity contribution < 1.29 is 9.32 Å². The summed E-state index contributed by atoms with van der Waals surface area (Å²) in [6.45, 7) is 2.07. The molecule has 0 aliphatic carbocycles. The second-order valence-corrected chi connectivity index (χ2v) is 4.75. The van der Waals surface area contributed by atoms with Crippen LogP contribution in [0.15, 0.2) is 39.6 Å². The molecule has 3 rings (SSSR count). The highest BCUT2D eigenvalue weighted by Gasteiger charge is 2.14. The average molecular weight is 299 g/mol. The van der Waals surface area contributed by atoms with Crippen molar-refractivity contribution in [2.24, 2.45) is 0 Å². The van der Waals surface area contributed by atoms with Gasteiger partial charge in [0, 0.05) is 11.6 Å². The third-order valence-electron chi connectivity index (χ3n) is 3.05. The molecule has 1 aromatic carbocycles. The number of benzene rings is 1. The summed E-state index contributed by atoms with van der Waals surface area (Å²) in [7, 11) is 0. The molecule has 0 unspecified atom stereocenters. The van der Waals surface area contributed by atoms with Crippen LogP contribution in [-0.4, -0.2) is 26.2 Å². The van der Waals surface area contributed by atoms with E-state index in [9.17, 15) is 9.59 Å².